The lowest BCUT2D eigenvalue weighted by atomic mass is 10.1. The largest absolute Gasteiger partial charge is 0.372 e. The number of hydrogen-bond donors (Lipinski definition) is 1. The average Bonchev–Trinajstić information content (AvgIpc) is 2.90. The van der Waals surface area contributed by atoms with E-state index in [0.717, 1.165) is 25.9 Å². The Labute approximate surface area is 108 Å². The van der Waals surface area contributed by atoms with Crippen molar-refractivity contribution in [1.82, 2.24) is 5.32 Å². The van der Waals surface area contributed by atoms with Gasteiger partial charge >= 0.3 is 0 Å². The number of aliphatic imine (C=N–C) groups is 1. The lowest BCUT2D eigenvalue weighted by molar-refractivity contribution is 0.950. The summed E-state index contributed by atoms with van der Waals surface area (Å²) in [4.78, 5) is 4.47. The van der Waals surface area contributed by atoms with Crippen LogP contribution in [0.4, 0.5) is 0 Å². The smallest absolute Gasteiger partial charge is 0.101 e. The molecule has 2 nitrogen and oxygen atoms in total. The van der Waals surface area contributed by atoms with Gasteiger partial charge in [0.15, 0.2) is 0 Å². The lowest BCUT2D eigenvalue weighted by Gasteiger charge is -2.04. The Hall–Kier alpha value is -1.28. The van der Waals surface area contributed by atoms with Crippen molar-refractivity contribution in [2.75, 3.05) is 13.1 Å². The van der Waals surface area contributed by atoms with E-state index >= 15 is 0 Å². The Morgan fingerprint density at radius 1 is 1.29 bits per heavy atom. The van der Waals surface area contributed by atoms with Gasteiger partial charge in [-0.1, -0.05) is 29.8 Å². The number of fused-ring (bicyclic) bond motifs is 1. The average molecular weight is 249 g/mol. The number of nitrogens with zero attached hydrogens (tertiary/aromatic N) is 1. The number of amidine groups is 1. The van der Waals surface area contributed by atoms with Crippen molar-refractivity contribution in [3.8, 4) is 0 Å². The summed E-state index contributed by atoms with van der Waals surface area (Å²) in [5.41, 5.74) is 5.87. The van der Waals surface area contributed by atoms with Gasteiger partial charge in [0.25, 0.3) is 0 Å². The highest BCUT2D eigenvalue weighted by molar-refractivity contribution is 5.89. The number of hydrogen-bond acceptors (Lipinski definition) is 2. The second-order valence-electron chi connectivity index (χ2n) is 4.49. The minimum atomic E-state index is 0. The molecule has 1 N–H and O–H groups in total. The second-order valence-corrected chi connectivity index (χ2v) is 4.49. The molecular weight excluding hydrogens is 232 g/mol. The van der Waals surface area contributed by atoms with Crippen molar-refractivity contribution in [3.05, 3.63) is 41.0 Å². The molecule has 1 aliphatic heterocycles. The fourth-order valence-electron chi connectivity index (χ4n) is 2.56. The van der Waals surface area contributed by atoms with E-state index in [1.54, 1.807) is 0 Å². The molecule has 1 heterocycles. The molecule has 0 spiro atoms. The third kappa shape index (κ3) is 2.22. The van der Waals surface area contributed by atoms with Gasteiger partial charge in [0.2, 0.25) is 0 Å². The van der Waals surface area contributed by atoms with Gasteiger partial charge in [-0.3, -0.25) is 4.99 Å². The van der Waals surface area contributed by atoms with Crippen molar-refractivity contribution in [2.45, 2.75) is 19.8 Å². The molecule has 90 valence electrons. The van der Waals surface area contributed by atoms with Gasteiger partial charge in [-0.15, -0.1) is 12.4 Å². The maximum atomic E-state index is 4.47. The summed E-state index contributed by atoms with van der Waals surface area (Å²) >= 11 is 0. The second kappa shape index (κ2) is 4.92. The topological polar surface area (TPSA) is 24.4 Å². The summed E-state index contributed by atoms with van der Waals surface area (Å²) in [6.07, 6.45) is 2.10. The van der Waals surface area contributed by atoms with Crippen LogP contribution in [0.15, 0.2) is 34.8 Å². The quantitative estimate of drug-likeness (QED) is 0.855. The van der Waals surface area contributed by atoms with E-state index in [-0.39, 0.29) is 12.4 Å². The zero-order valence-electron chi connectivity index (χ0n) is 9.99. The van der Waals surface area contributed by atoms with Crippen LogP contribution in [0.1, 0.15) is 24.5 Å². The van der Waals surface area contributed by atoms with Crippen LogP contribution >= 0.6 is 12.4 Å². The monoisotopic (exact) mass is 248 g/mol. The fraction of sp³-hybridized carbons (Fsp3) is 0.357. The molecule has 0 unspecified atom stereocenters. The van der Waals surface area contributed by atoms with Gasteiger partial charge in [-0.2, -0.15) is 0 Å². The first-order valence-electron chi connectivity index (χ1n) is 5.88. The fourth-order valence-corrected chi connectivity index (χ4v) is 2.56. The number of allylic oxidation sites excluding steroid dienone is 1. The standard InChI is InChI=1S/C14H16N2.ClH/c1-10-12(9-14-15-6-7-16-14)8-11-4-2-3-5-13(10)11;/h2-5H,6-9H2,1H3,(H,15,16);1H. The molecule has 0 saturated carbocycles. The van der Waals surface area contributed by atoms with Crippen LogP contribution in [0.5, 0.6) is 0 Å². The molecule has 0 bridgehead atoms. The molecule has 3 heteroatoms. The van der Waals surface area contributed by atoms with Crippen LogP contribution in [0.3, 0.4) is 0 Å². The number of rotatable bonds is 2. The van der Waals surface area contributed by atoms with Crippen molar-refractivity contribution >= 4 is 23.8 Å². The van der Waals surface area contributed by atoms with Gasteiger partial charge in [0.05, 0.1) is 6.54 Å². The molecule has 1 aliphatic carbocycles. The van der Waals surface area contributed by atoms with E-state index in [1.807, 2.05) is 0 Å². The molecule has 0 saturated heterocycles. The molecule has 0 aromatic heterocycles. The van der Waals surface area contributed by atoms with Gasteiger partial charge < -0.3 is 5.32 Å². The zero-order chi connectivity index (χ0) is 11.0. The van der Waals surface area contributed by atoms with Gasteiger partial charge in [0.1, 0.15) is 5.84 Å². The van der Waals surface area contributed by atoms with Crippen LogP contribution in [-0.4, -0.2) is 18.9 Å². The Bertz CT molecular complexity index is 489. The first kappa shape index (κ1) is 12.2. The minimum absolute atomic E-state index is 0. The Balaban J connectivity index is 0.00000108. The van der Waals surface area contributed by atoms with Crippen LogP contribution in [0.2, 0.25) is 0 Å². The molecule has 0 radical (unpaired) electrons. The molecule has 0 atom stereocenters. The minimum Gasteiger partial charge on any atom is -0.372 e. The summed E-state index contributed by atoms with van der Waals surface area (Å²) in [6.45, 7) is 4.18. The maximum absolute atomic E-state index is 4.47. The maximum Gasteiger partial charge on any atom is 0.101 e. The van der Waals surface area contributed by atoms with Crippen molar-refractivity contribution < 1.29 is 0 Å². The van der Waals surface area contributed by atoms with Crippen molar-refractivity contribution in [3.63, 3.8) is 0 Å². The van der Waals surface area contributed by atoms with E-state index in [2.05, 4.69) is 41.5 Å². The van der Waals surface area contributed by atoms with E-state index < -0.39 is 0 Å². The summed E-state index contributed by atoms with van der Waals surface area (Å²) < 4.78 is 0. The number of benzene rings is 1. The van der Waals surface area contributed by atoms with Crippen LogP contribution < -0.4 is 5.32 Å². The SMILES string of the molecule is CC1=C(CC2=NCCN2)Cc2ccccc21.Cl. The van der Waals surface area contributed by atoms with E-state index in [1.165, 1.54) is 28.1 Å². The summed E-state index contributed by atoms with van der Waals surface area (Å²) in [6, 6.07) is 8.70. The van der Waals surface area contributed by atoms with Gasteiger partial charge in [-0.05, 0) is 30.0 Å². The number of nitrogens with one attached hydrogen (secondary N) is 1. The lowest BCUT2D eigenvalue weighted by Crippen LogP contribution is -2.18. The molecule has 0 amide bonds. The van der Waals surface area contributed by atoms with Gasteiger partial charge in [-0.25, -0.2) is 0 Å². The predicted octanol–water partition coefficient (Wildman–Crippen LogP) is 2.83. The highest BCUT2D eigenvalue weighted by Crippen LogP contribution is 2.33. The first-order chi connectivity index (χ1) is 7.84. The van der Waals surface area contributed by atoms with Crippen molar-refractivity contribution in [1.29, 1.82) is 0 Å². The molecule has 1 aromatic carbocycles. The zero-order valence-corrected chi connectivity index (χ0v) is 10.8. The van der Waals surface area contributed by atoms with E-state index in [4.69, 9.17) is 0 Å². The highest BCUT2D eigenvalue weighted by Gasteiger charge is 2.19. The first-order valence-corrected chi connectivity index (χ1v) is 5.88. The third-order valence-electron chi connectivity index (χ3n) is 3.48. The predicted molar refractivity (Wildman–Crippen MR) is 74.9 cm³/mol. The van der Waals surface area contributed by atoms with Crippen LogP contribution in [0.25, 0.3) is 5.57 Å². The van der Waals surface area contributed by atoms with Crippen LogP contribution in [-0.2, 0) is 6.42 Å². The summed E-state index contributed by atoms with van der Waals surface area (Å²) in [5.74, 6) is 1.17. The van der Waals surface area contributed by atoms with E-state index in [0.29, 0.717) is 0 Å². The summed E-state index contributed by atoms with van der Waals surface area (Å²) in [5, 5.41) is 3.35. The molecule has 0 fully saturated rings. The summed E-state index contributed by atoms with van der Waals surface area (Å²) in [7, 11) is 0. The van der Waals surface area contributed by atoms with Crippen LogP contribution in [0, 0.1) is 0 Å². The molecule has 1 aromatic rings. The molecular formula is C14H17ClN2. The Morgan fingerprint density at radius 2 is 2.12 bits per heavy atom. The Morgan fingerprint density at radius 3 is 2.82 bits per heavy atom. The third-order valence-corrected chi connectivity index (χ3v) is 3.48. The normalized spacial score (nSPS) is 17.4. The number of halogens is 1. The Kier molecular flexibility index (Phi) is 3.53. The molecule has 3 rings (SSSR count). The molecule has 2 aliphatic rings. The van der Waals surface area contributed by atoms with Crippen molar-refractivity contribution in [2.24, 2.45) is 4.99 Å². The molecule has 17 heavy (non-hydrogen) atoms. The van der Waals surface area contributed by atoms with E-state index in [9.17, 15) is 0 Å². The highest BCUT2D eigenvalue weighted by atomic mass is 35.5. The van der Waals surface area contributed by atoms with Gasteiger partial charge in [0, 0.05) is 13.0 Å².